The lowest BCUT2D eigenvalue weighted by atomic mass is 9.89. The molecule has 0 bridgehead atoms. The maximum atomic E-state index is 13.8. The van der Waals surface area contributed by atoms with Crippen molar-refractivity contribution >= 4 is 29.3 Å². The summed E-state index contributed by atoms with van der Waals surface area (Å²) >= 11 is 1.72. The first-order valence-corrected chi connectivity index (χ1v) is 12.4. The van der Waals surface area contributed by atoms with E-state index in [0.29, 0.717) is 62.2 Å². The number of hydrogen-bond donors (Lipinski definition) is 1. The van der Waals surface area contributed by atoms with Gasteiger partial charge in [0, 0.05) is 56.2 Å². The van der Waals surface area contributed by atoms with Crippen LogP contribution in [0.15, 0.2) is 35.0 Å². The molecule has 1 spiro atoms. The van der Waals surface area contributed by atoms with Crippen molar-refractivity contribution in [2.24, 2.45) is 10.7 Å². The molecule has 3 saturated heterocycles. The van der Waals surface area contributed by atoms with Crippen molar-refractivity contribution < 1.29 is 23.1 Å². The summed E-state index contributed by atoms with van der Waals surface area (Å²) in [7, 11) is 0. The minimum absolute atomic E-state index is 0.158. The van der Waals surface area contributed by atoms with Gasteiger partial charge in [-0.1, -0.05) is 0 Å². The minimum atomic E-state index is -1.00. The highest BCUT2D eigenvalue weighted by Crippen LogP contribution is 2.47. The molecule has 0 aliphatic carbocycles. The number of carbonyl (C=O) groups is 2. The van der Waals surface area contributed by atoms with Crippen molar-refractivity contribution in [3.05, 3.63) is 47.2 Å². The first kappa shape index (κ1) is 22.3. The average molecular weight is 477 g/mol. The number of ether oxygens (including phenoxy) is 1. The Hall–Kier alpha value is -2.46. The zero-order valence-electron chi connectivity index (χ0n) is 18.1. The van der Waals surface area contributed by atoms with Crippen LogP contribution in [0.25, 0.3) is 0 Å². The number of hydrogen-bond acceptors (Lipinski definition) is 6. The lowest BCUT2D eigenvalue weighted by Gasteiger charge is -2.38. The van der Waals surface area contributed by atoms with Gasteiger partial charge < -0.3 is 20.3 Å². The van der Waals surface area contributed by atoms with Gasteiger partial charge in [0.2, 0.25) is 0 Å². The van der Waals surface area contributed by atoms with E-state index in [1.807, 2.05) is 0 Å². The van der Waals surface area contributed by atoms with Crippen molar-refractivity contribution in [2.75, 3.05) is 31.1 Å². The molecule has 2 atom stereocenters. The van der Waals surface area contributed by atoms with E-state index in [1.54, 1.807) is 21.6 Å². The molecule has 4 aliphatic rings. The van der Waals surface area contributed by atoms with Crippen LogP contribution < -0.4 is 5.73 Å². The van der Waals surface area contributed by atoms with Gasteiger partial charge in [-0.2, -0.15) is 11.8 Å². The van der Waals surface area contributed by atoms with E-state index >= 15 is 0 Å². The van der Waals surface area contributed by atoms with Gasteiger partial charge in [-0.3, -0.25) is 14.6 Å². The number of likely N-dealkylation sites (tertiary alicyclic amines) is 1. The fourth-order valence-corrected chi connectivity index (χ4v) is 6.10. The Labute approximate surface area is 195 Å². The molecule has 1 aromatic carbocycles. The predicted molar refractivity (Wildman–Crippen MR) is 120 cm³/mol. The summed E-state index contributed by atoms with van der Waals surface area (Å²) in [5, 5.41) is 0. The molecule has 0 aromatic heterocycles. The molecule has 0 radical (unpaired) electrons. The number of halogens is 2. The Morgan fingerprint density at radius 2 is 1.94 bits per heavy atom. The van der Waals surface area contributed by atoms with E-state index in [2.05, 4.69) is 4.99 Å². The number of carbonyl (C=O) groups excluding carboxylic acids is 2. The molecule has 4 aliphatic heterocycles. The number of amides is 2. The third-order valence-electron chi connectivity index (χ3n) is 6.93. The summed E-state index contributed by atoms with van der Waals surface area (Å²) in [6.07, 6.45) is 2.85. The Morgan fingerprint density at radius 3 is 2.58 bits per heavy atom. The lowest BCUT2D eigenvalue weighted by Crippen LogP contribution is -2.52. The number of rotatable bonds is 3. The van der Waals surface area contributed by atoms with Crippen LogP contribution in [0.5, 0.6) is 0 Å². The molecule has 176 valence electrons. The van der Waals surface area contributed by atoms with Crippen molar-refractivity contribution in [1.82, 2.24) is 9.80 Å². The first-order valence-electron chi connectivity index (χ1n) is 11.2. The van der Waals surface area contributed by atoms with Crippen LogP contribution >= 0.6 is 11.8 Å². The normalized spacial score (nSPS) is 27.2. The highest BCUT2D eigenvalue weighted by molar-refractivity contribution is 8.00. The van der Waals surface area contributed by atoms with Crippen LogP contribution in [-0.4, -0.2) is 70.3 Å². The van der Waals surface area contributed by atoms with Gasteiger partial charge in [-0.25, -0.2) is 8.78 Å². The van der Waals surface area contributed by atoms with E-state index < -0.39 is 29.5 Å². The van der Waals surface area contributed by atoms with Crippen molar-refractivity contribution in [2.45, 2.75) is 43.6 Å². The second-order valence-corrected chi connectivity index (χ2v) is 9.93. The molecule has 10 heteroatoms. The zero-order chi connectivity index (χ0) is 23.2. The third-order valence-corrected chi connectivity index (χ3v) is 7.88. The standard InChI is InChI=1S/C23H26F2N4O3S/c24-15-9-14(10-16(25)11-15)19-1-2-20-29(19)22(31)23(32-20)3-6-28(7-4-23)21(30)17(12-26)18-13-33-8-5-27-18/h9-12,19-20H,1-8,13,26H2/b17-12+/t19-,20?/m0/s1. The van der Waals surface area contributed by atoms with E-state index in [1.165, 1.54) is 18.3 Å². The van der Waals surface area contributed by atoms with Crippen molar-refractivity contribution in [3.8, 4) is 0 Å². The predicted octanol–water partition coefficient (Wildman–Crippen LogP) is 2.38. The van der Waals surface area contributed by atoms with Crippen LogP contribution in [-0.2, 0) is 14.3 Å². The molecular formula is C23H26F2N4O3S. The fraction of sp³-hybridized carbons (Fsp3) is 0.522. The van der Waals surface area contributed by atoms with Crippen LogP contribution in [0.1, 0.15) is 37.3 Å². The molecular weight excluding hydrogens is 450 g/mol. The Morgan fingerprint density at radius 1 is 1.21 bits per heavy atom. The molecule has 1 aromatic rings. The van der Waals surface area contributed by atoms with Gasteiger partial charge in [-0.15, -0.1) is 0 Å². The van der Waals surface area contributed by atoms with E-state index in [0.717, 1.165) is 17.5 Å². The number of aliphatic imine (C=N–C) groups is 1. The van der Waals surface area contributed by atoms with E-state index in [9.17, 15) is 18.4 Å². The maximum Gasteiger partial charge on any atom is 0.257 e. The summed E-state index contributed by atoms with van der Waals surface area (Å²) in [6.45, 7) is 1.40. The van der Waals surface area contributed by atoms with Crippen molar-refractivity contribution in [3.63, 3.8) is 0 Å². The molecule has 33 heavy (non-hydrogen) atoms. The largest absolute Gasteiger partial charge is 0.404 e. The molecule has 2 amide bonds. The highest BCUT2D eigenvalue weighted by Gasteiger charge is 2.58. The van der Waals surface area contributed by atoms with Gasteiger partial charge in [0.1, 0.15) is 17.9 Å². The number of benzene rings is 1. The number of fused-ring (bicyclic) bond motifs is 1. The number of thioether (sulfide) groups is 1. The van der Waals surface area contributed by atoms with Crippen LogP contribution in [0.3, 0.4) is 0 Å². The zero-order valence-corrected chi connectivity index (χ0v) is 19.0. The van der Waals surface area contributed by atoms with Gasteiger partial charge >= 0.3 is 0 Å². The first-order chi connectivity index (χ1) is 15.9. The third kappa shape index (κ3) is 3.93. The maximum absolute atomic E-state index is 13.8. The van der Waals surface area contributed by atoms with E-state index in [4.69, 9.17) is 10.5 Å². The van der Waals surface area contributed by atoms with Gasteiger partial charge in [-0.05, 0) is 30.5 Å². The second-order valence-electron chi connectivity index (χ2n) is 8.83. The SMILES string of the molecule is N/C=C(/C(=O)N1CCC2(CC1)OC1CC[C@@H](c3cc(F)cc(F)c3)N1C2=O)C1=NCCSC1. The number of nitrogens with zero attached hydrogens (tertiary/aromatic N) is 3. The quantitative estimate of drug-likeness (QED) is 0.677. The summed E-state index contributed by atoms with van der Waals surface area (Å²) < 4.78 is 33.8. The van der Waals surface area contributed by atoms with E-state index in [-0.39, 0.29) is 11.8 Å². The highest BCUT2D eigenvalue weighted by atomic mass is 32.2. The average Bonchev–Trinajstić information content (AvgIpc) is 3.33. The fourth-order valence-electron chi connectivity index (χ4n) is 5.29. The van der Waals surface area contributed by atoms with Crippen molar-refractivity contribution in [1.29, 1.82) is 0 Å². The van der Waals surface area contributed by atoms with Crippen LogP contribution in [0.4, 0.5) is 8.78 Å². The Balaban J connectivity index is 1.29. The molecule has 5 rings (SSSR count). The molecule has 1 unspecified atom stereocenters. The number of piperidine rings is 1. The Bertz CT molecular complexity index is 1020. The van der Waals surface area contributed by atoms with Gasteiger partial charge in [0.25, 0.3) is 11.8 Å². The minimum Gasteiger partial charge on any atom is -0.404 e. The molecule has 0 saturated carbocycles. The molecule has 7 nitrogen and oxygen atoms in total. The van der Waals surface area contributed by atoms with Gasteiger partial charge in [0.05, 0.1) is 17.3 Å². The summed E-state index contributed by atoms with van der Waals surface area (Å²) in [5.74, 6) is -0.0590. The topological polar surface area (TPSA) is 88.2 Å². The summed E-state index contributed by atoms with van der Waals surface area (Å²) in [5.41, 5.74) is 6.35. The summed E-state index contributed by atoms with van der Waals surface area (Å²) in [6, 6.07) is 2.97. The lowest BCUT2D eigenvalue weighted by molar-refractivity contribution is -0.147. The molecule has 4 heterocycles. The smallest absolute Gasteiger partial charge is 0.257 e. The van der Waals surface area contributed by atoms with Crippen LogP contribution in [0, 0.1) is 11.6 Å². The number of nitrogens with two attached hydrogens (primary N) is 1. The molecule has 2 N–H and O–H groups in total. The second kappa shape index (κ2) is 8.72. The monoisotopic (exact) mass is 476 g/mol. The summed E-state index contributed by atoms with van der Waals surface area (Å²) in [4.78, 5) is 34.4. The molecule has 3 fully saturated rings. The van der Waals surface area contributed by atoms with Crippen LogP contribution in [0.2, 0.25) is 0 Å². The Kier molecular flexibility index (Phi) is 5.90. The van der Waals surface area contributed by atoms with Gasteiger partial charge in [0.15, 0.2) is 5.60 Å².